The molecular formula is C14H25NO2. The molecule has 0 bridgehead atoms. The summed E-state index contributed by atoms with van der Waals surface area (Å²) in [6, 6.07) is 0. The second-order valence-electron chi connectivity index (χ2n) is 5.68. The van der Waals surface area contributed by atoms with Crippen LogP contribution in [0.25, 0.3) is 0 Å². The van der Waals surface area contributed by atoms with E-state index < -0.39 is 5.54 Å². The molecule has 0 aliphatic heterocycles. The second kappa shape index (κ2) is 5.38. The summed E-state index contributed by atoms with van der Waals surface area (Å²) in [7, 11) is 0. The van der Waals surface area contributed by atoms with Gasteiger partial charge in [-0.1, -0.05) is 26.2 Å². The van der Waals surface area contributed by atoms with E-state index in [4.69, 9.17) is 10.5 Å². The minimum Gasteiger partial charge on any atom is -0.464 e. The molecule has 98 valence electrons. The molecule has 0 atom stereocenters. The van der Waals surface area contributed by atoms with Gasteiger partial charge in [0.15, 0.2) is 0 Å². The summed E-state index contributed by atoms with van der Waals surface area (Å²) in [5, 5.41) is 0. The molecule has 2 N–H and O–H groups in total. The number of unbranched alkanes of at least 4 members (excludes halogenated alkanes) is 3. The van der Waals surface area contributed by atoms with Gasteiger partial charge >= 0.3 is 5.97 Å². The zero-order valence-corrected chi connectivity index (χ0v) is 10.9. The van der Waals surface area contributed by atoms with Crippen molar-refractivity contribution < 1.29 is 9.53 Å². The van der Waals surface area contributed by atoms with Gasteiger partial charge in [-0.25, -0.2) is 0 Å². The lowest BCUT2D eigenvalue weighted by atomic mass is 9.89. The first-order valence-electron chi connectivity index (χ1n) is 7.15. The van der Waals surface area contributed by atoms with Crippen LogP contribution in [0.5, 0.6) is 0 Å². The molecule has 0 saturated heterocycles. The Balaban J connectivity index is 1.73. The predicted molar refractivity (Wildman–Crippen MR) is 67.5 cm³/mol. The Kier molecular flexibility index (Phi) is 4.08. The van der Waals surface area contributed by atoms with Crippen molar-refractivity contribution in [2.75, 3.05) is 6.61 Å². The highest BCUT2D eigenvalue weighted by Gasteiger charge is 2.57. The van der Waals surface area contributed by atoms with Crippen LogP contribution in [0.15, 0.2) is 0 Å². The van der Waals surface area contributed by atoms with Crippen molar-refractivity contribution in [3.63, 3.8) is 0 Å². The molecule has 3 heteroatoms. The monoisotopic (exact) mass is 239 g/mol. The molecule has 2 aliphatic carbocycles. The van der Waals surface area contributed by atoms with Gasteiger partial charge in [0.1, 0.15) is 5.54 Å². The summed E-state index contributed by atoms with van der Waals surface area (Å²) >= 11 is 0. The van der Waals surface area contributed by atoms with Gasteiger partial charge in [0.05, 0.1) is 6.61 Å². The third-order valence-electron chi connectivity index (χ3n) is 4.09. The zero-order valence-electron chi connectivity index (χ0n) is 10.9. The van der Waals surface area contributed by atoms with Crippen molar-refractivity contribution in [3.8, 4) is 0 Å². The van der Waals surface area contributed by atoms with Crippen LogP contribution < -0.4 is 5.73 Å². The number of carbonyl (C=O) groups excluding carboxylic acids is 1. The molecule has 0 aromatic heterocycles. The molecule has 3 nitrogen and oxygen atoms in total. The lowest BCUT2D eigenvalue weighted by Gasteiger charge is -2.27. The summed E-state index contributed by atoms with van der Waals surface area (Å²) in [5.74, 6) is 0.676. The van der Waals surface area contributed by atoms with E-state index in [-0.39, 0.29) is 5.97 Å². The molecular weight excluding hydrogens is 214 g/mol. The van der Waals surface area contributed by atoms with Crippen molar-refractivity contribution in [1.82, 2.24) is 0 Å². The summed E-state index contributed by atoms with van der Waals surface area (Å²) < 4.78 is 5.39. The van der Waals surface area contributed by atoms with Crippen LogP contribution in [0.4, 0.5) is 0 Å². The van der Waals surface area contributed by atoms with Crippen LogP contribution in [0, 0.1) is 11.8 Å². The number of rotatable bonds is 8. The third-order valence-corrected chi connectivity index (χ3v) is 4.09. The summed E-state index contributed by atoms with van der Waals surface area (Å²) in [4.78, 5) is 12.1. The number of nitrogens with two attached hydrogens (primary N) is 1. The van der Waals surface area contributed by atoms with Gasteiger partial charge in [0.25, 0.3) is 0 Å². The quantitative estimate of drug-likeness (QED) is 0.523. The zero-order chi connectivity index (χ0) is 12.3. The van der Waals surface area contributed by atoms with Gasteiger partial charge in [-0.05, 0) is 43.9 Å². The van der Waals surface area contributed by atoms with E-state index in [1.54, 1.807) is 0 Å². The maximum atomic E-state index is 12.1. The SMILES string of the molecule is CCCCCCOC(=O)C(N)(C1CC1)C1CC1. The maximum Gasteiger partial charge on any atom is 0.326 e. The van der Waals surface area contributed by atoms with Gasteiger partial charge in [0, 0.05) is 0 Å². The van der Waals surface area contributed by atoms with E-state index in [0.29, 0.717) is 18.4 Å². The van der Waals surface area contributed by atoms with Crippen molar-refractivity contribution in [3.05, 3.63) is 0 Å². The van der Waals surface area contributed by atoms with Gasteiger partial charge in [-0.15, -0.1) is 0 Å². The van der Waals surface area contributed by atoms with Crippen LogP contribution in [-0.4, -0.2) is 18.1 Å². The smallest absolute Gasteiger partial charge is 0.326 e. The van der Waals surface area contributed by atoms with Crippen molar-refractivity contribution in [2.24, 2.45) is 17.6 Å². The van der Waals surface area contributed by atoms with Crippen molar-refractivity contribution in [2.45, 2.75) is 63.8 Å². The number of esters is 1. The minimum absolute atomic E-state index is 0.126. The van der Waals surface area contributed by atoms with Crippen molar-refractivity contribution >= 4 is 5.97 Å². The third kappa shape index (κ3) is 3.01. The first kappa shape index (κ1) is 12.9. The first-order valence-corrected chi connectivity index (χ1v) is 7.15. The Bertz CT molecular complexity index is 257. The second-order valence-corrected chi connectivity index (χ2v) is 5.68. The molecule has 0 spiro atoms. The normalized spacial score (nSPS) is 20.4. The van der Waals surface area contributed by atoms with Gasteiger partial charge < -0.3 is 10.5 Å². The Morgan fingerprint density at radius 3 is 2.24 bits per heavy atom. The molecule has 17 heavy (non-hydrogen) atoms. The fourth-order valence-corrected chi connectivity index (χ4v) is 2.61. The molecule has 0 heterocycles. The van der Waals surface area contributed by atoms with E-state index in [1.165, 1.54) is 12.8 Å². The first-order chi connectivity index (χ1) is 8.19. The highest BCUT2D eigenvalue weighted by atomic mass is 16.5. The van der Waals surface area contributed by atoms with Crippen LogP contribution >= 0.6 is 0 Å². The lowest BCUT2D eigenvalue weighted by Crippen LogP contribution is -2.53. The van der Waals surface area contributed by atoms with Crippen LogP contribution in [0.1, 0.15) is 58.3 Å². The fourth-order valence-electron chi connectivity index (χ4n) is 2.61. The Morgan fingerprint density at radius 2 is 1.76 bits per heavy atom. The van der Waals surface area contributed by atoms with E-state index in [0.717, 1.165) is 38.5 Å². The Hall–Kier alpha value is -0.570. The molecule has 0 radical (unpaired) electrons. The van der Waals surface area contributed by atoms with E-state index in [2.05, 4.69) is 6.92 Å². The number of carbonyl (C=O) groups is 1. The number of hydrogen-bond acceptors (Lipinski definition) is 3. The van der Waals surface area contributed by atoms with E-state index in [9.17, 15) is 4.79 Å². The standard InChI is InChI=1S/C14H25NO2/c1-2-3-4-5-10-17-13(16)14(15,11-6-7-11)12-8-9-12/h11-12H,2-10,15H2,1H3. The molecule has 2 aliphatic rings. The van der Waals surface area contributed by atoms with Gasteiger partial charge in [0.2, 0.25) is 0 Å². The summed E-state index contributed by atoms with van der Waals surface area (Å²) in [6.07, 6.45) is 8.99. The lowest BCUT2D eigenvalue weighted by molar-refractivity contribution is -0.152. The average molecular weight is 239 g/mol. The summed E-state index contributed by atoms with van der Waals surface area (Å²) in [6.45, 7) is 2.73. The predicted octanol–water partition coefficient (Wildman–Crippen LogP) is 2.63. The van der Waals surface area contributed by atoms with Crippen LogP contribution in [0.3, 0.4) is 0 Å². The molecule has 2 saturated carbocycles. The average Bonchev–Trinajstić information content (AvgIpc) is 3.20. The van der Waals surface area contributed by atoms with E-state index >= 15 is 0 Å². The fraction of sp³-hybridized carbons (Fsp3) is 0.929. The van der Waals surface area contributed by atoms with Crippen molar-refractivity contribution in [1.29, 1.82) is 0 Å². The van der Waals surface area contributed by atoms with Crippen LogP contribution in [0.2, 0.25) is 0 Å². The molecule has 0 amide bonds. The summed E-state index contributed by atoms with van der Waals surface area (Å²) in [5.41, 5.74) is 5.68. The highest BCUT2D eigenvalue weighted by molar-refractivity contribution is 5.82. The molecule has 0 aromatic carbocycles. The maximum absolute atomic E-state index is 12.1. The minimum atomic E-state index is -0.634. The largest absolute Gasteiger partial charge is 0.464 e. The van der Waals surface area contributed by atoms with E-state index in [1.807, 2.05) is 0 Å². The van der Waals surface area contributed by atoms with Gasteiger partial charge in [-0.2, -0.15) is 0 Å². The highest BCUT2D eigenvalue weighted by Crippen LogP contribution is 2.51. The molecule has 0 unspecified atom stereocenters. The number of ether oxygens (including phenoxy) is 1. The molecule has 2 rings (SSSR count). The van der Waals surface area contributed by atoms with Gasteiger partial charge in [-0.3, -0.25) is 4.79 Å². The number of hydrogen-bond donors (Lipinski definition) is 1. The molecule has 0 aromatic rings. The molecule has 2 fully saturated rings. The van der Waals surface area contributed by atoms with Crippen LogP contribution in [-0.2, 0) is 9.53 Å². The Morgan fingerprint density at radius 1 is 1.18 bits per heavy atom. The Labute approximate surface area is 104 Å². The topological polar surface area (TPSA) is 52.3 Å².